The number of nitrogens with zero attached hydrogens (tertiary/aromatic N) is 3. The first-order chi connectivity index (χ1) is 11.5. The molecule has 24 heavy (non-hydrogen) atoms. The molecule has 3 rings (SSSR count). The molecule has 2 heterocycles. The molecule has 2 aromatic heterocycles. The molecule has 0 spiro atoms. The highest BCUT2D eigenvalue weighted by Crippen LogP contribution is 2.30. The summed E-state index contributed by atoms with van der Waals surface area (Å²) in [5.41, 5.74) is 2.22. The van der Waals surface area contributed by atoms with E-state index in [0.717, 1.165) is 23.5 Å². The molecule has 0 saturated carbocycles. The number of benzene rings is 1. The van der Waals surface area contributed by atoms with Gasteiger partial charge in [0.25, 0.3) is 0 Å². The lowest BCUT2D eigenvalue weighted by atomic mass is 10.1. The number of anilines is 1. The minimum absolute atomic E-state index is 0.102. The standard InChI is InChI=1S/C16H13F3N4O/c1-2-20-13-8-7-12(9-21-13)10-3-5-11(6-4-10)14-22-15(24-23-14)16(17,18)19/h3-9H,2H2,1H3,(H,20,21). The van der Waals surface area contributed by atoms with Crippen LogP contribution in [0.25, 0.3) is 22.5 Å². The Bertz CT molecular complexity index is 811. The number of aromatic nitrogens is 3. The molecule has 0 amide bonds. The monoisotopic (exact) mass is 334 g/mol. The van der Waals surface area contributed by atoms with E-state index >= 15 is 0 Å². The van der Waals surface area contributed by atoms with Crippen LogP contribution in [0.3, 0.4) is 0 Å². The Morgan fingerprint density at radius 1 is 1.00 bits per heavy atom. The largest absolute Gasteiger partial charge is 0.471 e. The summed E-state index contributed by atoms with van der Waals surface area (Å²) in [6.07, 6.45) is -2.92. The van der Waals surface area contributed by atoms with Crippen molar-refractivity contribution in [2.24, 2.45) is 0 Å². The summed E-state index contributed by atoms with van der Waals surface area (Å²) in [6, 6.07) is 10.6. The van der Waals surface area contributed by atoms with Crippen LogP contribution in [0.1, 0.15) is 12.8 Å². The molecule has 5 nitrogen and oxygen atoms in total. The fourth-order valence-corrected chi connectivity index (χ4v) is 2.12. The maximum atomic E-state index is 12.5. The SMILES string of the molecule is CCNc1ccc(-c2ccc(-c3noc(C(F)(F)F)n3)cc2)cn1. The number of nitrogens with one attached hydrogen (secondary N) is 1. The fraction of sp³-hybridized carbons (Fsp3) is 0.188. The quantitative estimate of drug-likeness (QED) is 0.773. The maximum absolute atomic E-state index is 12.5. The van der Waals surface area contributed by atoms with Crippen molar-refractivity contribution >= 4 is 5.82 Å². The number of hydrogen-bond donors (Lipinski definition) is 1. The van der Waals surface area contributed by atoms with Crippen molar-refractivity contribution in [2.75, 3.05) is 11.9 Å². The highest BCUT2D eigenvalue weighted by Gasteiger charge is 2.38. The van der Waals surface area contributed by atoms with Gasteiger partial charge in [-0.2, -0.15) is 18.2 Å². The zero-order valence-corrected chi connectivity index (χ0v) is 12.6. The van der Waals surface area contributed by atoms with E-state index in [2.05, 4.69) is 25.0 Å². The van der Waals surface area contributed by atoms with E-state index in [0.29, 0.717) is 5.56 Å². The normalized spacial score (nSPS) is 11.5. The van der Waals surface area contributed by atoms with Crippen molar-refractivity contribution in [3.8, 4) is 22.5 Å². The average Bonchev–Trinajstić information content (AvgIpc) is 3.06. The van der Waals surface area contributed by atoms with Gasteiger partial charge in [0.15, 0.2) is 0 Å². The van der Waals surface area contributed by atoms with Gasteiger partial charge in [-0.05, 0) is 24.6 Å². The molecule has 0 atom stereocenters. The van der Waals surface area contributed by atoms with Crippen LogP contribution in [0.2, 0.25) is 0 Å². The second kappa shape index (κ2) is 6.31. The third-order valence-corrected chi connectivity index (χ3v) is 3.27. The predicted octanol–water partition coefficient (Wildman–Crippen LogP) is 4.25. The maximum Gasteiger partial charge on any atom is 0.471 e. The van der Waals surface area contributed by atoms with Gasteiger partial charge in [0.05, 0.1) is 0 Å². The van der Waals surface area contributed by atoms with Crippen molar-refractivity contribution in [1.29, 1.82) is 0 Å². The molecule has 8 heteroatoms. The Morgan fingerprint density at radius 3 is 2.21 bits per heavy atom. The van der Waals surface area contributed by atoms with Crippen molar-refractivity contribution in [3.63, 3.8) is 0 Å². The molecule has 0 aliphatic rings. The summed E-state index contributed by atoms with van der Waals surface area (Å²) in [5, 5.41) is 6.46. The van der Waals surface area contributed by atoms with E-state index < -0.39 is 12.1 Å². The molecule has 0 aliphatic carbocycles. The molecule has 1 aromatic carbocycles. The molecule has 0 aliphatic heterocycles. The predicted molar refractivity (Wildman–Crippen MR) is 82.1 cm³/mol. The van der Waals surface area contributed by atoms with Gasteiger partial charge >= 0.3 is 12.1 Å². The minimum atomic E-state index is -4.65. The van der Waals surface area contributed by atoms with Gasteiger partial charge in [-0.15, -0.1) is 0 Å². The van der Waals surface area contributed by atoms with Gasteiger partial charge in [-0.3, -0.25) is 0 Å². The Balaban J connectivity index is 1.81. The fourth-order valence-electron chi connectivity index (χ4n) is 2.12. The van der Waals surface area contributed by atoms with E-state index in [1.807, 2.05) is 19.1 Å². The third-order valence-electron chi connectivity index (χ3n) is 3.27. The number of rotatable bonds is 4. The highest BCUT2D eigenvalue weighted by molar-refractivity contribution is 5.67. The summed E-state index contributed by atoms with van der Waals surface area (Å²) < 4.78 is 41.7. The second-order valence-electron chi connectivity index (χ2n) is 4.96. The van der Waals surface area contributed by atoms with E-state index in [9.17, 15) is 13.2 Å². The molecule has 1 N–H and O–H groups in total. The van der Waals surface area contributed by atoms with Crippen molar-refractivity contribution in [1.82, 2.24) is 15.1 Å². The average molecular weight is 334 g/mol. The first-order valence-corrected chi connectivity index (χ1v) is 7.19. The number of alkyl halides is 3. The molecular formula is C16H13F3N4O. The minimum Gasteiger partial charge on any atom is -0.370 e. The van der Waals surface area contributed by atoms with Crippen molar-refractivity contribution < 1.29 is 17.7 Å². The second-order valence-corrected chi connectivity index (χ2v) is 4.96. The van der Waals surface area contributed by atoms with Crippen LogP contribution >= 0.6 is 0 Å². The van der Waals surface area contributed by atoms with Crippen LogP contribution < -0.4 is 5.32 Å². The van der Waals surface area contributed by atoms with E-state index in [-0.39, 0.29) is 5.82 Å². The summed E-state index contributed by atoms with van der Waals surface area (Å²) in [4.78, 5) is 7.64. The van der Waals surface area contributed by atoms with Gasteiger partial charge in [-0.25, -0.2) is 4.98 Å². The summed E-state index contributed by atoms with van der Waals surface area (Å²) >= 11 is 0. The lowest BCUT2D eigenvalue weighted by molar-refractivity contribution is -0.159. The molecule has 3 aromatic rings. The number of halogens is 3. The van der Waals surface area contributed by atoms with Gasteiger partial charge < -0.3 is 9.84 Å². The number of pyridine rings is 1. The van der Waals surface area contributed by atoms with E-state index in [4.69, 9.17) is 0 Å². The first-order valence-electron chi connectivity index (χ1n) is 7.19. The van der Waals surface area contributed by atoms with Gasteiger partial charge in [0, 0.05) is 23.9 Å². The van der Waals surface area contributed by atoms with E-state index in [1.54, 1.807) is 30.5 Å². The van der Waals surface area contributed by atoms with Crippen LogP contribution in [0.15, 0.2) is 47.1 Å². The zero-order valence-electron chi connectivity index (χ0n) is 12.6. The molecule has 0 saturated heterocycles. The molecule has 0 bridgehead atoms. The van der Waals surface area contributed by atoms with Gasteiger partial charge in [0.1, 0.15) is 5.82 Å². The van der Waals surface area contributed by atoms with E-state index in [1.165, 1.54) is 0 Å². The lowest BCUT2D eigenvalue weighted by Gasteiger charge is -2.05. The summed E-state index contributed by atoms with van der Waals surface area (Å²) in [7, 11) is 0. The first kappa shape index (κ1) is 16.0. The summed E-state index contributed by atoms with van der Waals surface area (Å²) in [6.45, 7) is 2.77. The molecule has 0 radical (unpaired) electrons. The molecular weight excluding hydrogens is 321 g/mol. The number of hydrogen-bond acceptors (Lipinski definition) is 5. The third kappa shape index (κ3) is 3.37. The molecule has 0 unspecified atom stereocenters. The van der Waals surface area contributed by atoms with Crippen LogP contribution in [-0.2, 0) is 6.18 Å². The topological polar surface area (TPSA) is 63.8 Å². The van der Waals surface area contributed by atoms with Crippen molar-refractivity contribution in [2.45, 2.75) is 13.1 Å². The highest BCUT2D eigenvalue weighted by atomic mass is 19.4. The molecule has 0 fully saturated rings. The van der Waals surface area contributed by atoms with Crippen LogP contribution in [-0.4, -0.2) is 21.7 Å². The molecule has 124 valence electrons. The smallest absolute Gasteiger partial charge is 0.370 e. The Labute approximate surface area is 135 Å². The van der Waals surface area contributed by atoms with Gasteiger partial charge in [-0.1, -0.05) is 29.4 Å². The van der Waals surface area contributed by atoms with Gasteiger partial charge in [0.2, 0.25) is 5.82 Å². The Kier molecular flexibility index (Phi) is 4.20. The van der Waals surface area contributed by atoms with Crippen molar-refractivity contribution in [3.05, 3.63) is 48.5 Å². The Morgan fingerprint density at radius 2 is 1.67 bits per heavy atom. The zero-order chi connectivity index (χ0) is 17.2. The lowest BCUT2D eigenvalue weighted by Crippen LogP contribution is -2.04. The summed E-state index contributed by atoms with van der Waals surface area (Å²) in [5.74, 6) is -0.677. The Hall–Kier alpha value is -2.90. The van der Waals surface area contributed by atoms with Crippen LogP contribution in [0.4, 0.5) is 19.0 Å². The van der Waals surface area contributed by atoms with Crippen LogP contribution in [0, 0.1) is 0 Å². The van der Waals surface area contributed by atoms with Crippen LogP contribution in [0.5, 0.6) is 0 Å².